The number of alkyl halides is 2. The van der Waals surface area contributed by atoms with Crippen molar-refractivity contribution in [2.45, 2.75) is 19.6 Å². The Hall–Kier alpha value is -3.14. The highest BCUT2D eigenvalue weighted by Gasteiger charge is 2.18. The number of hydrogen-bond donors (Lipinski definition) is 1. The van der Waals surface area contributed by atoms with E-state index in [9.17, 15) is 13.6 Å². The number of ether oxygens (including phenoxy) is 2. The van der Waals surface area contributed by atoms with Gasteiger partial charge in [-0.15, -0.1) is 0 Å². The Morgan fingerprint density at radius 3 is 2.62 bits per heavy atom. The predicted octanol–water partition coefficient (Wildman–Crippen LogP) is 3.57. The topological polar surface area (TPSA) is 71.3 Å². The Balaban J connectivity index is 2.05. The van der Waals surface area contributed by atoms with Gasteiger partial charge in [-0.3, -0.25) is 4.79 Å². The van der Waals surface area contributed by atoms with Crippen molar-refractivity contribution in [1.82, 2.24) is 0 Å². The largest absolute Gasteiger partial charge is 0.481 e. The predicted molar refractivity (Wildman–Crippen MR) is 83.0 cm³/mol. The lowest BCUT2D eigenvalue weighted by Crippen LogP contribution is -2.30. The molecule has 1 atom stereocenters. The molecular formula is C17H14F2N2O3. The normalized spacial score (nSPS) is 11.5. The summed E-state index contributed by atoms with van der Waals surface area (Å²) in [6.45, 7) is -1.49. The molecule has 0 saturated carbocycles. The van der Waals surface area contributed by atoms with Crippen LogP contribution in [0, 0.1) is 11.3 Å². The second-order valence-corrected chi connectivity index (χ2v) is 4.76. The molecule has 5 nitrogen and oxygen atoms in total. The molecule has 24 heavy (non-hydrogen) atoms. The van der Waals surface area contributed by atoms with Gasteiger partial charge in [-0.05, 0) is 37.3 Å². The second-order valence-electron chi connectivity index (χ2n) is 4.76. The van der Waals surface area contributed by atoms with Crippen molar-refractivity contribution in [3.05, 3.63) is 54.1 Å². The fourth-order valence-corrected chi connectivity index (χ4v) is 1.90. The number of para-hydroxylation sites is 2. The van der Waals surface area contributed by atoms with E-state index < -0.39 is 18.6 Å². The van der Waals surface area contributed by atoms with E-state index in [1.54, 1.807) is 24.3 Å². The average Bonchev–Trinajstić information content (AvgIpc) is 2.56. The van der Waals surface area contributed by atoms with Crippen LogP contribution in [0.5, 0.6) is 11.5 Å². The van der Waals surface area contributed by atoms with Gasteiger partial charge in [0, 0.05) is 0 Å². The molecule has 0 unspecified atom stereocenters. The first-order chi connectivity index (χ1) is 11.5. The summed E-state index contributed by atoms with van der Waals surface area (Å²) in [6.07, 6.45) is -0.904. The Kier molecular flexibility index (Phi) is 5.68. The van der Waals surface area contributed by atoms with Crippen LogP contribution in [-0.2, 0) is 4.79 Å². The van der Waals surface area contributed by atoms with Crippen LogP contribution in [0.4, 0.5) is 14.5 Å². The summed E-state index contributed by atoms with van der Waals surface area (Å²) in [4.78, 5) is 12.2. The minimum Gasteiger partial charge on any atom is -0.481 e. The molecule has 124 valence electrons. The molecule has 0 saturated heterocycles. The molecule has 2 rings (SSSR count). The summed E-state index contributed by atoms with van der Waals surface area (Å²) in [5, 5.41) is 11.3. The lowest BCUT2D eigenvalue weighted by atomic mass is 10.2. The molecule has 0 aromatic heterocycles. The van der Waals surface area contributed by atoms with Crippen molar-refractivity contribution in [1.29, 1.82) is 5.26 Å². The Morgan fingerprint density at radius 1 is 1.17 bits per heavy atom. The summed E-state index contributed by atoms with van der Waals surface area (Å²) in [5.74, 6) is -0.323. The van der Waals surface area contributed by atoms with Gasteiger partial charge in [0.1, 0.15) is 11.5 Å². The summed E-state index contributed by atoms with van der Waals surface area (Å²) in [7, 11) is 0. The standard InChI is InChI=1S/C17H14F2N2O3/c1-11(23-13-6-4-5-12(9-13)10-20)16(22)21-14-7-2-3-8-15(14)24-17(18)19/h2-9,11,17H,1H3,(H,21,22)/t11-/m1/s1. The van der Waals surface area contributed by atoms with Crippen molar-refractivity contribution in [2.24, 2.45) is 0 Å². The zero-order chi connectivity index (χ0) is 17.5. The van der Waals surface area contributed by atoms with Crippen LogP contribution in [0.1, 0.15) is 12.5 Å². The Bertz CT molecular complexity index is 759. The number of nitriles is 1. The van der Waals surface area contributed by atoms with Crippen LogP contribution >= 0.6 is 0 Å². The molecule has 0 aliphatic rings. The van der Waals surface area contributed by atoms with Crippen molar-refractivity contribution in [3.63, 3.8) is 0 Å². The van der Waals surface area contributed by atoms with E-state index in [0.717, 1.165) is 0 Å². The molecular weight excluding hydrogens is 318 g/mol. The van der Waals surface area contributed by atoms with Crippen molar-refractivity contribution >= 4 is 11.6 Å². The highest BCUT2D eigenvalue weighted by molar-refractivity contribution is 5.95. The van der Waals surface area contributed by atoms with Crippen LogP contribution in [-0.4, -0.2) is 18.6 Å². The van der Waals surface area contributed by atoms with Gasteiger partial charge < -0.3 is 14.8 Å². The van der Waals surface area contributed by atoms with Gasteiger partial charge in [0.15, 0.2) is 6.10 Å². The molecule has 0 heterocycles. The minimum atomic E-state index is -2.99. The summed E-state index contributed by atoms with van der Waals surface area (Å²) in [6, 6.07) is 14.2. The van der Waals surface area contributed by atoms with Crippen molar-refractivity contribution < 1.29 is 23.0 Å². The SMILES string of the molecule is C[C@@H](Oc1cccc(C#N)c1)C(=O)Nc1ccccc1OC(F)F. The fourth-order valence-electron chi connectivity index (χ4n) is 1.90. The van der Waals surface area contributed by atoms with Gasteiger partial charge in [0.2, 0.25) is 0 Å². The van der Waals surface area contributed by atoms with E-state index in [2.05, 4.69) is 10.1 Å². The van der Waals surface area contributed by atoms with Crippen LogP contribution in [0.25, 0.3) is 0 Å². The second kappa shape index (κ2) is 7.92. The van der Waals surface area contributed by atoms with Gasteiger partial charge in [0.25, 0.3) is 5.91 Å². The Morgan fingerprint density at radius 2 is 1.92 bits per heavy atom. The number of nitrogens with zero attached hydrogens (tertiary/aromatic N) is 1. The quantitative estimate of drug-likeness (QED) is 0.878. The lowest BCUT2D eigenvalue weighted by Gasteiger charge is -2.16. The number of rotatable bonds is 6. The summed E-state index contributed by atoms with van der Waals surface area (Å²) < 4.78 is 34.5. The first-order valence-electron chi connectivity index (χ1n) is 7.01. The molecule has 0 aliphatic heterocycles. The third-order valence-corrected chi connectivity index (χ3v) is 3.01. The van der Waals surface area contributed by atoms with Crippen LogP contribution in [0.15, 0.2) is 48.5 Å². The smallest absolute Gasteiger partial charge is 0.387 e. The molecule has 0 fully saturated rings. The molecule has 2 aromatic carbocycles. The molecule has 2 aromatic rings. The molecule has 0 bridgehead atoms. The van der Waals surface area contributed by atoms with Crippen LogP contribution in [0.3, 0.4) is 0 Å². The maximum absolute atomic E-state index is 12.4. The zero-order valence-electron chi connectivity index (χ0n) is 12.7. The molecule has 0 radical (unpaired) electrons. The van der Waals surface area contributed by atoms with E-state index in [0.29, 0.717) is 11.3 Å². The maximum atomic E-state index is 12.4. The molecule has 0 spiro atoms. The zero-order valence-corrected chi connectivity index (χ0v) is 12.7. The highest BCUT2D eigenvalue weighted by Crippen LogP contribution is 2.26. The van der Waals surface area contributed by atoms with Crippen molar-refractivity contribution in [3.8, 4) is 17.6 Å². The number of hydrogen-bond acceptors (Lipinski definition) is 4. The number of nitrogens with one attached hydrogen (secondary N) is 1. The van der Waals surface area contributed by atoms with E-state index in [1.165, 1.54) is 31.2 Å². The summed E-state index contributed by atoms with van der Waals surface area (Å²) >= 11 is 0. The minimum absolute atomic E-state index is 0.115. The first-order valence-corrected chi connectivity index (χ1v) is 7.01. The van der Waals surface area contributed by atoms with E-state index in [-0.39, 0.29) is 11.4 Å². The lowest BCUT2D eigenvalue weighted by molar-refractivity contribution is -0.122. The van der Waals surface area contributed by atoms with Gasteiger partial charge in [-0.25, -0.2) is 0 Å². The molecule has 7 heteroatoms. The molecule has 0 aliphatic carbocycles. The number of halogens is 2. The average molecular weight is 332 g/mol. The van der Waals surface area contributed by atoms with E-state index in [4.69, 9.17) is 10.00 Å². The number of amides is 1. The first kappa shape index (κ1) is 17.2. The monoisotopic (exact) mass is 332 g/mol. The van der Waals surface area contributed by atoms with Crippen molar-refractivity contribution in [2.75, 3.05) is 5.32 Å². The Labute approximate surface area is 137 Å². The van der Waals surface area contributed by atoms with Gasteiger partial charge in [-0.1, -0.05) is 18.2 Å². The number of benzene rings is 2. The van der Waals surface area contributed by atoms with E-state index >= 15 is 0 Å². The van der Waals surface area contributed by atoms with Crippen LogP contribution in [0.2, 0.25) is 0 Å². The third kappa shape index (κ3) is 4.68. The third-order valence-electron chi connectivity index (χ3n) is 3.01. The number of anilines is 1. The van der Waals surface area contributed by atoms with Gasteiger partial charge >= 0.3 is 6.61 Å². The number of carbonyl (C=O) groups excluding carboxylic acids is 1. The van der Waals surface area contributed by atoms with Crippen LogP contribution < -0.4 is 14.8 Å². The van der Waals surface area contributed by atoms with Gasteiger partial charge in [0.05, 0.1) is 17.3 Å². The molecule has 1 amide bonds. The number of carbonyl (C=O) groups is 1. The fraction of sp³-hybridized carbons (Fsp3) is 0.176. The highest BCUT2D eigenvalue weighted by atomic mass is 19.3. The van der Waals surface area contributed by atoms with Gasteiger partial charge in [-0.2, -0.15) is 14.0 Å². The molecule has 1 N–H and O–H groups in total. The summed E-state index contributed by atoms with van der Waals surface area (Å²) in [5.41, 5.74) is 0.514. The van der Waals surface area contributed by atoms with E-state index in [1.807, 2.05) is 6.07 Å². The maximum Gasteiger partial charge on any atom is 0.387 e.